The zero-order chi connectivity index (χ0) is 17.9. The highest BCUT2D eigenvalue weighted by molar-refractivity contribution is 5.94. The van der Waals surface area contributed by atoms with Crippen LogP contribution in [0, 0.1) is 0 Å². The molecule has 3 rings (SSSR count). The van der Waals surface area contributed by atoms with Crippen molar-refractivity contribution in [3.05, 3.63) is 24.0 Å². The minimum atomic E-state index is -0.00275. The van der Waals surface area contributed by atoms with Gasteiger partial charge in [-0.05, 0) is 59.2 Å². The van der Waals surface area contributed by atoms with E-state index in [9.17, 15) is 4.79 Å². The van der Waals surface area contributed by atoms with E-state index >= 15 is 0 Å². The lowest BCUT2D eigenvalue weighted by atomic mass is 10.1. The van der Waals surface area contributed by atoms with Crippen LogP contribution in [0.25, 0.3) is 0 Å². The van der Waals surface area contributed by atoms with Crippen molar-refractivity contribution in [2.75, 3.05) is 39.3 Å². The van der Waals surface area contributed by atoms with E-state index in [1.165, 1.54) is 32.4 Å². The molecule has 3 heterocycles. The summed E-state index contributed by atoms with van der Waals surface area (Å²) in [7, 11) is 0. The average molecular weight is 348 g/mol. The van der Waals surface area contributed by atoms with Gasteiger partial charge in [-0.15, -0.1) is 0 Å². The number of hydrogen-bond acceptors (Lipinski definition) is 3. The number of carbonyl (C=O) groups excluding carboxylic acids is 1. The van der Waals surface area contributed by atoms with Crippen LogP contribution >= 0.6 is 0 Å². The van der Waals surface area contributed by atoms with Crippen molar-refractivity contribution in [2.24, 2.45) is 0 Å². The van der Waals surface area contributed by atoms with Gasteiger partial charge in [0, 0.05) is 44.2 Å². The van der Waals surface area contributed by atoms with Crippen molar-refractivity contribution in [1.29, 1.82) is 0 Å². The molecule has 2 fully saturated rings. The normalized spacial score (nSPS) is 23.5. The first-order chi connectivity index (χ1) is 11.9. The Bertz CT molecular complexity index is 570. The molecule has 140 valence electrons. The molecular weight excluding hydrogens is 314 g/mol. The maximum absolute atomic E-state index is 13.0. The molecule has 0 radical (unpaired) electrons. The van der Waals surface area contributed by atoms with Crippen LogP contribution in [-0.2, 0) is 10.3 Å². The Morgan fingerprint density at radius 1 is 1.16 bits per heavy atom. The monoisotopic (exact) mass is 347 g/mol. The summed E-state index contributed by atoms with van der Waals surface area (Å²) < 4.78 is 8.15. The van der Waals surface area contributed by atoms with Gasteiger partial charge in [-0.1, -0.05) is 6.42 Å². The van der Waals surface area contributed by atoms with Gasteiger partial charge in [-0.2, -0.15) is 0 Å². The molecule has 5 heteroatoms. The third kappa shape index (κ3) is 4.85. The van der Waals surface area contributed by atoms with Crippen LogP contribution in [0.2, 0.25) is 0 Å². The molecule has 0 spiro atoms. The maximum atomic E-state index is 13.0. The molecule has 1 aromatic heterocycles. The van der Waals surface area contributed by atoms with Crippen molar-refractivity contribution < 1.29 is 9.53 Å². The van der Waals surface area contributed by atoms with Crippen molar-refractivity contribution in [3.8, 4) is 0 Å². The van der Waals surface area contributed by atoms with E-state index in [1.54, 1.807) is 0 Å². The number of ether oxygens (including phenoxy) is 1. The van der Waals surface area contributed by atoms with Gasteiger partial charge in [0.25, 0.3) is 5.91 Å². The minimum Gasteiger partial charge on any atom is -0.375 e. The lowest BCUT2D eigenvalue weighted by molar-refractivity contribution is 0.0216. The summed E-state index contributed by atoms with van der Waals surface area (Å²) in [4.78, 5) is 17.5. The molecule has 25 heavy (non-hydrogen) atoms. The number of likely N-dealkylation sites (tertiary alicyclic amines) is 1. The number of hydrogen-bond donors (Lipinski definition) is 0. The van der Waals surface area contributed by atoms with Crippen molar-refractivity contribution >= 4 is 5.91 Å². The average Bonchev–Trinajstić information content (AvgIpc) is 2.97. The van der Waals surface area contributed by atoms with E-state index in [-0.39, 0.29) is 17.6 Å². The Hall–Kier alpha value is -1.33. The Kier molecular flexibility index (Phi) is 5.85. The van der Waals surface area contributed by atoms with Gasteiger partial charge in [0.05, 0.1) is 11.7 Å². The molecule has 0 aliphatic carbocycles. The summed E-state index contributed by atoms with van der Waals surface area (Å²) in [6, 6.07) is 1.94. The van der Waals surface area contributed by atoms with Gasteiger partial charge < -0.3 is 19.1 Å². The molecule has 0 unspecified atom stereocenters. The molecular formula is C20H33N3O2. The summed E-state index contributed by atoms with van der Waals surface area (Å²) in [5.74, 6) is 0.136. The van der Waals surface area contributed by atoms with Crippen molar-refractivity contribution in [3.63, 3.8) is 0 Å². The van der Waals surface area contributed by atoms with Crippen LogP contribution in [0.4, 0.5) is 0 Å². The first kappa shape index (κ1) is 18.5. The quantitative estimate of drug-likeness (QED) is 0.844. The summed E-state index contributed by atoms with van der Waals surface area (Å²) in [6.07, 6.45) is 8.96. The highest BCUT2D eigenvalue weighted by Gasteiger charge is 2.26. The first-order valence-corrected chi connectivity index (χ1v) is 9.75. The molecule has 1 amide bonds. The van der Waals surface area contributed by atoms with Crippen LogP contribution in [0.15, 0.2) is 18.5 Å². The summed E-state index contributed by atoms with van der Waals surface area (Å²) in [5, 5.41) is 0. The second-order valence-corrected chi connectivity index (χ2v) is 8.44. The van der Waals surface area contributed by atoms with Crippen LogP contribution < -0.4 is 0 Å². The van der Waals surface area contributed by atoms with Crippen LogP contribution in [0.3, 0.4) is 0 Å². The lowest BCUT2D eigenvalue weighted by Crippen LogP contribution is -2.43. The largest absolute Gasteiger partial charge is 0.375 e. The smallest absolute Gasteiger partial charge is 0.255 e. The number of nitrogens with zero attached hydrogens (tertiary/aromatic N) is 3. The maximum Gasteiger partial charge on any atom is 0.255 e. The van der Waals surface area contributed by atoms with Crippen molar-refractivity contribution in [2.45, 2.75) is 58.1 Å². The number of piperidine rings is 1. The molecule has 1 aromatic rings. The fraction of sp³-hybridized carbons (Fsp3) is 0.750. The molecule has 0 N–H and O–H groups in total. The highest BCUT2D eigenvalue weighted by Crippen LogP contribution is 2.18. The number of carbonyl (C=O) groups is 1. The SMILES string of the molecule is CC(C)(C)n1ccc(C(=O)N2CCCO[C@@H](CN3CCCCC3)C2)c1. The van der Waals surface area contributed by atoms with E-state index < -0.39 is 0 Å². The Balaban J connectivity index is 1.63. The molecule has 2 aliphatic heterocycles. The molecule has 5 nitrogen and oxygen atoms in total. The Morgan fingerprint density at radius 2 is 1.92 bits per heavy atom. The fourth-order valence-corrected chi connectivity index (χ4v) is 3.74. The fourth-order valence-electron chi connectivity index (χ4n) is 3.74. The van der Waals surface area contributed by atoms with E-state index in [0.29, 0.717) is 6.54 Å². The van der Waals surface area contributed by atoms with E-state index in [2.05, 4.69) is 30.2 Å². The highest BCUT2D eigenvalue weighted by atomic mass is 16.5. The predicted molar refractivity (Wildman–Crippen MR) is 100.0 cm³/mol. The van der Waals surface area contributed by atoms with Crippen LogP contribution in [0.5, 0.6) is 0 Å². The summed E-state index contributed by atoms with van der Waals surface area (Å²) in [6.45, 7) is 12.0. The van der Waals surface area contributed by atoms with Gasteiger partial charge in [0.2, 0.25) is 0 Å². The second kappa shape index (κ2) is 7.92. The van der Waals surface area contributed by atoms with E-state index in [4.69, 9.17) is 4.74 Å². The molecule has 2 aliphatic rings. The number of rotatable bonds is 3. The molecule has 0 bridgehead atoms. The number of aromatic nitrogens is 1. The van der Waals surface area contributed by atoms with E-state index in [0.717, 1.165) is 31.7 Å². The standard InChI is InChI=1S/C20H33N3O2/c1-20(2,3)23-12-8-17(14-23)19(24)22-11-7-13-25-18(16-22)15-21-9-5-4-6-10-21/h8,12,14,18H,4-7,9-11,13,15-16H2,1-3H3/t18-/m0/s1. The van der Waals surface area contributed by atoms with Gasteiger partial charge >= 0.3 is 0 Å². The van der Waals surface area contributed by atoms with Crippen LogP contribution in [0.1, 0.15) is 56.8 Å². The zero-order valence-corrected chi connectivity index (χ0v) is 16.0. The number of amides is 1. The second-order valence-electron chi connectivity index (χ2n) is 8.44. The summed E-state index contributed by atoms with van der Waals surface area (Å²) >= 11 is 0. The first-order valence-electron chi connectivity index (χ1n) is 9.75. The van der Waals surface area contributed by atoms with E-state index in [1.807, 2.05) is 23.4 Å². The zero-order valence-electron chi connectivity index (χ0n) is 16.0. The van der Waals surface area contributed by atoms with Gasteiger partial charge in [-0.3, -0.25) is 4.79 Å². The molecule has 0 aromatic carbocycles. The third-order valence-electron chi connectivity index (χ3n) is 5.26. The Morgan fingerprint density at radius 3 is 2.60 bits per heavy atom. The van der Waals surface area contributed by atoms with Gasteiger partial charge in [0.1, 0.15) is 0 Å². The van der Waals surface area contributed by atoms with Gasteiger partial charge in [-0.25, -0.2) is 0 Å². The van der Waals surface area contributed by atoms with Crippen LogP contribution in [-0.4, -0.2) is 65.7 Å². The third-order valence-corrected chi connectivity index (χ3v) is 5.26. The predicted octanol–water partition coefficient (Wildman–Crippen LogP) is 2.96. The molecule has 2 saturated heterocycles. The topological polar surface area (TPSA) is 37.7 Å². The summed E-state index contributed by atoms with van der Waals surface area (Å²) in [5.41, 5.74) is 0.783. The molecule has 1 atom stereocenters. The lowest BCUT2D eigenvalue weighted by Gasteiger charge is -2.31. The van der Waals surface area contributed by atoms with Crippen molar-refractivity contribution in [1.82, 2.24) is 14.4 Å². The van der Waals surface area contributed by atoms with Gasteiger partial charge in [0.15, 0.2) is 0 Å². The minimum absolute atomic E-state index is 0.00275. The Labute approximate surface area is 151 Å². The molecule has 0 saturated carbocycles.